The summed E-state index contributed by atoms with van der Waals surface area (Å²) in [6, 6.07) is 5.58. The molecular formula is C18H25N5O2. The molecule has 0 radical (unpaired) electrons. The van der Waals surface area contributed by atoms with E-state index in [4.69, 9.17) is 4.74 Å². The van der Waals surface area contributed by atoms with Crippen LogP contribution >= 0.6 is 0 Å². The Labute approximate surface area is 148 Å². The van der Waals surface area contributed by atoms with Gasteiger partial charge in [0.25, 0.3) is 0 Å². The fourth-order valence-electron chi connectivity index (χ4n) is 3.35. The molecule has 3 rings (SSSR count). The highest BCUT2D eigenvalue weighted by molar-refractivity contribution is 5.89. The van der Waals surface area contributed by atoms with Crippen molar-refractivity contribution in [1.29, 1.82) is 0 Å². The van der Waals surface area contributed by atoms with E-state index in [0.717, 1.165) is 48.8 Å². The molecule has 25 heavy (non-hydrogen) atoms. The van der Waals surface area contributed by atoms with Crippen molar-refractivity contribution in [1.82, 2.24) is 19.7 Å². The monoisotopic (exact) mass is 343 g/mol. The summed E-state index contributed by atoms with van der Waals surface area (Å²) in [5.74, 6) is 2.02. The van der Waals surface area contributed by atoms with Gasteiger partial charge in [0.1, 0.15) is 17.9 Å². The van der Waals surface area contributed by atoms with E-state index >= 15 is 0 Å². The second-order valence-electron chi connectivity index (χ2n) is 6.37. The third-order valence-corrected chi connectivity index (χ3v) is 4.71. The van der Waals surface area contributed by atoms with Crippen LogP contribution in [0.25, 0.3) is 0 Å². The number of methoxy groups -OCH3 is 1. The van der Waals surface area contributed by atoms with E-state index in [1.54, 1.807) is 13.4 Å². The van der Waals surface area contributed by atoms with Crippen molar-refractivity contribution in [2.24, 2.45) is 0 Å². The van der Waals surface area contributed by atoms with Crippen molar-refractivity contribution >= 4 is 11.7 Å². The molecule has 134 valence electrons. The standard InChI is InChI=1S/C18H25N5O2/c1-4-22-12-19-21-17(22)14-6-5-9-23(11-14)18(24)20-15-7-8-16(25-3)13(2)10-15/h7-8,10,12,14H,4-6,9,11H2,1-3H3,(H,20,24). The highest BCUT2D eigenvalue weighted by Gasteiger charge is 2.27. The van der Waals surface area contributed by atoms with Gasteiger partial charge in [-0.15, -0.1) is 10.2 Å². The molecule has 0 saturated carbocycles. The predicted octanol–water partition coefficient (Wildman–Crippen LogP) is 3.03. The summed E-state index contributed by atoms with van der Waals surface area (Å²) in [5.41, 5.74) is 1.77. The largest absolute Gasteiger partial charge is 0.496 e. The number of rotatable bonds is 4. The fraction of sp³-hybridized carbons (Fsp3) is 0.500. The molecule has 1 aliphatic rings. The smallest absolute Gasteiger partial charge is 0.321 e. The van der Waals surface area contributed by atoms with Crippen molar-refractivity contribution in [3.05, 3.63) is 35.9 Å². The van der Waals surface area contributed by atoms with Gasteiger partial charge in [-0.2, -0.15) is 0 Å². The zero-order valence-electron chi connectivity index (χ0n) is 15.0. The lowest BCUT2D eigenvalue weighted by Crippen LogP contribution is -2.42. The average Bonchev–Trinajstić information content (AvgIpc) is 3.11. The number of amides is 2. The molecule has 7 heteroatoms. The van der Waals surface area contributed by atoms with Gasteiger partial charge in [-0.25, -0.2) is 4.79 Å². The third-order valence-electron chi connectivity index (χ3n) is 4.71. The number of nitrogens with one attached hydrogen (secondary N) is 1. The quantitative estimate of drug-likeness (QED) is 0.926. The summed E-state index contributed by atoms with van der Waals surface area (Å²) in [5, 5.41) is 11.3. The van der Waals surface area contributed by atoms with Gasteiger partial charge in [-0.1, -0.05) is 0 Å². The van der Waals surface area contributed by atoms with Gasteiger partial charge in [0.2, 0.25) is 0 Å². The molecule has 1 aromatic carbocycles. The molecule has 1 saturated heterocycles. The van der Waals surface area contributed by atoms with Gasteiger partial charge in [-0.05, 0) is 50.5 Å². The van der Waals surface area contributed by atoms with Crippen molar-refractivity contribution in [2.45, 2.75) is 39.2 Å². The van der Waals surface area contributed by atoms with E-state index < -0.39 is 0 Å². The van der Waals surface area contributed by atoms with Crippen LogP contribution in [0.4, 0.5) is 10.5 Å². The van der Waals surface area contributed by atoms with E-state index in [1.807, 2.05) is 30.0 Å². The van der Waals surface area contributed by atoms with E-state index in [9.17, 15) is 4.79 Å². The van der Waals surface area contributed by atoms with E-state index in [1.165, 1.54) is 0 Å². The number of carbonyl (C=O) groups excluding carboxylic acids is 1. The van der Waals surface area contributed by atoms with Gasteiger partial charge < -0.3 is 19.5 Å². The van der Waals surface area contributed by atoms with Gasteiger partial charge in [-0.3, -0.25) is 0 Å². The number of aromatic nitrogens is 3. The van der Waals surface area contributed by atoms with Crippen LogP contribution in [-0.4, -0.2) is 45.9 Å². The Bertz CT molecular complexity index is 743. The number of anilines is 1. The molecule has 2 amide bonds. The van der Waals surface area contributed by atoms with Crippen LogP contribution in [0.15, 0.2) is 24.5 Å². The Morgan fingerprint density at radius 3 is 3.00 bits per heavy atom. The van der Waals surface area contributed by atoms with Gasteiger partial charge in [0.05, 0.1) is 7.11 Å². The molecule has 0 aliphatic carbocycles. The van der Waals surface area contributed by atoms with Gasteiger partial charge >= 0.3 is 6.03 Å². The van der Waals surface area contributed by atoms with E-state index in [2.05, 4.69) is 27.0 Å². The van der Waals surface area contributed by atoms with Crippen molar-refractivity contribution in [2.75, 3.05) is 25.5 Å². The first-order valence-electron chi connectivity index (χ1n) is 8.70. The van der Waals surface area contributed by atoms with Crippen molar-refractivity contribution in [3.8, 4) is 5.75 Å². The Kier molecular flexibility index (Phi) is 5.21. The Morgan fingerprint density at radius 2 is 2.28 bits per heavy atom. The SMILES string of the molecule is CCn1cnnc1C1CCCN(C(=O)Nc2ccc(OC)c(C)c2)C1. The zero-order chi connectivity index (χ0) is 17.8. The van der Waals surface area contributed by atoms with Crippen LogP contribution in [0, 0.1) is 6.92 Å². The Balaban J connectivity index is 1.67. The summed E-state index contributed by atoms with van der Waals surface area (Å²) in [7, 11) is 1.64. The number of carbonyl (C=O) groups is 1. The molecule has 0 spiro atoms. The minimum atomic E-state index is -0.0724. The number of piperidine rings is 1. The lowest BCUT2D eigenvalue weighted by Gasteiger charge is -2.32. The average molecular weight is 343 g/mol. The predicted molar refractivity (Wildman–Crippen MR) is 96.0 cm³/mol. The first-order valence-corrected chi connectivity index (χ1v) is 8.70. The van der Waals surface area contributed by atoms with Crippen molar-refractivity contribution < 1.29 is 9.53 Å². The summed E-state index contributed by atoms with van der Waals surface area (Å²) < 4.78 is 7.31. The first-order chi connectivity index (χ1) is 12.1. The molecule has 0 bridgehead atoms. The number of benzene rings is 1. The highest BCUT2D eigenvalue weighted by Crippen LogP contribution is 2.26. The van der Waals surface area contributed by atoms with Gasteiger partial charge in [0, 0.05) is 31.2 Å². The van der Waals surface area contributed by atoms with Crippen LogP contribution in [0.2, 0.25) is 0 Å². The number of likely N-dealkylation sites (tertiary alicyclic amines) is 1. The zero-order valence-corrected chi connectivity index (χ0v) is 15.0. The fourth-order valence-corrected chi connectivity index (χ4v) is 3.35. The molecule has 1 aromatic heterocycles. The minimum Gasteiger partial charge on any atom is -0.496 e. The molecular weight excluding hydrogens is 318 g/mol. The van der Waals surface area contributed by atoms with Crippen LogP contribution in [0.1, 0.15) is 37.1 Å². The molecule has 1 N–H and O–H groups in total. The molecule has 1 fully saturated rings. The normalized spacial score (nSPS) is 17.4. The molecule has 1 atom stereocenters. The summed E-state index contributed by atoms with van der Waals surface area (Å²) in [4.78, 5) is 14.5. The van der Waals surface area contributed by atoms with Crippen LogP contribution < -0.4 is 10.1 Å². The molecule has 1 aliphatic heterocycles. The van der Waals surface area contributed by atoms with Crippen LogP contribution in [-0.2, 0) is 6.54 Å². The number of hydrogen-bond acceptors (Lipinski definition) is 4. The number of aryl methyl sites for hydroxylation is 2. The number of urea groups is 1. The Morgan fingerprint density at radius 1 is 1.44 bits per heavy atom. The second kappa shape index (κ2) is 7.55. The summed E-state index contributed by atoms with van der Waals surface area (Å²) >= 11 is 0. The maximum Gasteiger partial charge on any atom is 0.321 e. The number of ether oxygens (including phenoxy) is 1. The number of hydrogen-bond donors (Lipinski definition) is 1. The lowest BCUT2D eigenvalue weighted by atomic mass is 9.97. The molecule has 1 unspecified atom stereocenters. The second-order valence-corrected chi connectivity index (χ2v) is 6.37. The van der Waals surface area contributed by atoms with Crippen LogP contribution in [0.3, 0.4) is 0 Å². The number of nitrogens with zero attached hydrogens (tertiary/aromatic N) is 4. The highest BCUT2D eigenvalue weighted by atomic mass is 16.5. The first kappa shape index (κ1) is 17.3. The maximum absolute atomic E-state index is 12.6. The summed E-state index contributed by atoms with van der Waals surface area (Å²) in [6.07, 6.45) is 3.76. The topological polar surface area (TPSA) is 72.3 Å². The minimum absolute atomic E-state index is 0.0724. The summed E-state index contributed by atoms with van der Waals surface area (Å²) in [6.45, 7) is 6.31. The van der Waals surface area contributed by atoms with Gasteiger partial charge in [0.15, 0.2) is 0 Å². The molecule has 7 nitrogen and oxygen atoms in total. The third kappa shape index (κ3) is 3.75. The maximum atomic E-state index is 12.6. The lowest BCUT2D eigenvalue weighted by molar-refractivity contribution is 0.190. The van der Waals surface area contributed by atoms with E-state index in [-0.39, 0.29) is 11.9 Å². The van der Waals surface area contributed by atoms with Crippen molar-refractivity contribution in [3.63, 3.8) is 0 Å². The van der Waals surface area contributed by atoms with Crippen LogP contribution in [0.5, 0.6) is 5.75 Å². The molecule has 2 aromatic rings. The molecule has 2 heterocycles. The Hall–Kier alpha value is -2.57. The van der Waals surface area contributed by atoms with E-state index in [0.29, 0.717) is 6.54 Å².